The van der Waals surface area contributed by atoms with Crippen LogP contribution >= 0.6 is 0 Å². The van der Waals surface area contributed by atoms with Crippen molar-refractivity contribution >= 4 is 11.7 Å². The molecule has 0 amide bonds. The van der Waals surface area contributed by atoms with Gasteiger partial charge in [-0.05, 0) is 13.8 Å². The fourth-order valence-electron chi connectivity index (χ4n) is 0.281. The van der Waals surface area contributed by atoms with E-state index >= 15 is 0 Å². The van der Waals surface area contributed by atoms with E-state index in [0.717, 1.165) is 0 Å². The molecule has 0 rings (SSSR count). The molecule has 0 atom stereocenters. The van der Waals surface area contributed by atoms with Crippen LogP contribution in [-0.2, 0) is 16.5 Å². The Kier molecular flexibility index (Phi) is 13.4. The zero-order valence-electron chi connectivity index (χ0n) is 5.32. The van der Waals surface area contributed by atoms with Gasteiger partial charge in [0.25, 0.3) is 0 Å². The van der Waals surface area contributed by atoms with Gasteiger partial charge >= 0.3 is 0 Å². The summed E-state index contributed by atoms with van der Waals surface area (Å²) in [4.78, 5) is 0. The SMILES string of the molecule is CC(=N)NC(C)=N.O.[Ni]. The molecule has 0 saturated heterocycles. The second-order valence-corrected chi connectivity index (χ2v) is 1.38. The number of rotatable bonds is 0. The van der Waals surface area contributed by atoms with Gasteiger partial charge in [-0.1, -0.05) is 0 Å². The van der Waals surface area contributed by atoms with Gasteiger partial charge in [-0.2, -0.15) is 0 Å². The average Bonchev–Trinajstić information content (AvgIpc) is 1.27. The van der Waals surface area contributed by atoms with Crippen molar-refractivity contribution in [3.63, 3.8) is 0 Å². The van der Waals surface area contributed by atoms with E-state index in [4.69, 9.17) is 10.8 Å². The average molecular weight is 176 g/mol. The topological polar surface area (TPSA) is 91.2 Å². The molecule has 0 fully saturated rings. The molecule has 0 radical (unpaired) electrons. The third-order valence-corrected chi connectivity index (χ3v) is 0.375. The zero-order chi connectivity index (χ0) is 5.86. The van der Waals surface area contributed by atoms with Gasteiger partial charge in [-0.3, -0.25) is 10.8 Å². The van der Waals surface area contributed by atoms with Crippen molar-refractivity contribution in [2.24, 2.45) is 0 Å². The fourth-order valence-corrected chi connectivity index (χ4v) is 0.281. The summed E-state index contributed by atoms with van der Waals surface area (Å²) in [5.74, 6) is 0.625. The molecule has 0 aromatic rings. The van der Waals surface area contributed by atoms with E-state index < -0.39 is 0 Å². The molecule has 9 heavy (non-hydrogen) atoms. The van der Waals surface area contributed by atoms with E-state index in [1.807, 2.05) is 0 Å². The third-order valence-electron chi connectivity index (χ3n) is 0.375. The van der Waals surface area contributed by atoms with Gasteiger partial charge in [0, 0.05) is 16.5 Å². The second-order valence-electron chi connectivity index (χ2n) is 1.38. The molecule has 0 aliphatic carbocycles. The molecule has 0 aromatic heterocycles. The van der Waals surface area contributed by atoms with Crippen LogP contribution in [0.3, 0.4) is 0 Å². The first-order valence-electron chi connectivity index (χ1n) is 2.00. The summed E-state index contributed by atoms with van der Waals surface area (Å²) >= 11 is 0. The minimum atomic E-state index is 0. The van der Waals surface area contributed by atoms with Crippen LogP contribution in [0.5, 0.6) is 0 Å². The van der Waals surface area contributed by atoms with Gasteiger partial charge in [-0.25, -0.2) is 0 Å². The summed E-state index contributed by atoms with van der Waals surface area (Å²) in [6.45, 7) is 3.19. The van der Waals surface area contributed by atoms with Crippen molar-refractivity contribution in [3.8, 4) is 0 Å². The van der Waals surface area contributed by atoms with Gasteiger partial charge in [0.15, 0.2) is 0 Å². The molecule has 58 valence electrons. The Morgan fingerprint density at radius 1 is 1.11 bits per heavy atom. The first kappa shape index (κ1) is 15.8. The Morgan fingerprint density at radius 3 is 1.33 bits per heavy atom. The molecule has 0 heterocycles. The maximum atomic E-state index is 6.77. The van der Waals surface area contributed by atoms with Crippen LogP contribution in [0.2, 0.25) is 0 Å². The summed E-state index contributed by atoms with van der Waals surface area (Å²) in [5.41, 5.74) is 0. The summed E-state index contributed by atoms with van der Waals surface area (Å²) in [7, 11) is 0. The second kappa shape index (κ2) is 7.59. The van der Waals surface area contributed by atoms with Gasteiger partial charge in [-0.15, -0.1) is 0 Å². The number of nitrogens with one attached hydrogen (secondary N) is 3. The maximum Gasteiger partial charge on any atom is 0.0952 e. The molecule has 0 unspecified atom stereocenters. The quantitative estimate of drug-likeness (QED) is 0.265. The van der Waals surface area contributed by atoms with Gasteiger partial charge < -0.3 is 10.8 Å². The Hall–Kier alpha value is -0.406. The van der Waals surface area contributed by atoms with Crippen LogP contribution in [0.25, 0.3) is 0 Å². The zero-order valence-corrected chi connectivity index (χ0v) is 6.30. The standard InChI is InChI=1S/C4H9N3.Ni.H2O/c1-3(5)7-4(2)6;;/h1-2H3,(H3,5,6,7);;1H2. The van der Waals surface area contributed by atoms with Crippen LogP contribution in [0.15, 0.2) is 0 Å². The number of hydrogen-bond donors (Lipinski definition) is 3. The van der Waals surface area contributed by atoms with Gasteiger partial charge in [0.05, 0.1) is 11.7 Å². The predicted octanol–water partition coefficient (Wildman–Crippen LogP) is -0.257. The number of amidine groups is 2. The van der Waals surface area contributed by atoms with Gasteiger partial charge in [0.1, 0.15) is 0 Å². The van der Waals surface area contributed by atoms with Crippen molar-refractivity contribution in [2.45, 2.75) is 13.8 Å². The smallest absolute Gasteiger partial charge is 0.0952 e. The molecule has 0 aliphatic rings. The van der Waals surface area contributed by atoms with Gasteiger partial charge in [0.2, 0.25) is 0 Å². The fraction of sp³-hybridized carbons (Fsp3) is 0.500. The first-order chi connectivity index (χ1) is 3.13. The molecule has 5 N–H and O–H groups in total. The van der Waals surface area contributed by atoms with Crippen LogP contribution in [0, 0.1) is 10.8 Å². The van der Waals surface area contributed by atoms with E-state index in [1.54, 1.807) is 13.8 Å². The van der Waals surface area contributed by atoms with Crippen LogP contribution < -0.4 is 5.32 Å². The molecule has 4 nitrogen and oxygen atoms in total. The summed E-state index contributed by atoms with van der Waals surface area (Å²) < 4.78 is 0. The van der Waals surface area contributed by atoms with Crippen LogP contribution in [0.1, 0.15) is 13.8 Å². The van der Waals surface area contributed by atoms with E-state index in [1.165, 1.54) is 0 Å². The van der Waals surface area contributed by atoms with Crippen molar-refractivity contribution in [3.05, 3.63) is 0 Å². The monoisotopic (exact) mass is 175 g/mol. The van der Waals surface area contributed by atoms with Crippen LogP contribution in [-0.4, -0.2) is 17.1 Å². The normalized spacial score (nSPS) is 6.00. The number of hydrogen-bond acceptors (Lipinski definition) is 2. The van der Waals surface area contributed by atoms with Crippen LogP contribution in [0.4, 0.5) is 0 Å². The molecular formula is C4H11N3NiO. The minimum Gasteiger partial charge on any atom is -0.412 e. The van der Waals surface area contributed by atoms with E-state index in [-0.39, 0.29) is 22.0 Å². The molecular weight excluding hydrogens is 165 g/mol. The van der Waals surface area contributed by atoms with E-state index in [2.05, 4.69) is 5.32 Å². The summed E-state index contributed by atoms with van der Waals surface area (Å²) in [6, 6.07) is 0. The molecule has 0 aromatic carbocycles. The maximum absolute atomic E-state index is 6.77. The largest absolute Gasteiger partial charge is 0.412 e. The van der Waals surface area contributed by atoms with E-state index in [0.29, 0.717) is 11.7 Å². The van der Waals surface area contributed by atoms with E-state index in [9.17, 15) is 0 Å². The van der Waals surface area contributed by atoms with Crippen molar-refractivity contribution in [2.75, 3.05) is 0 Å². The Morgan fingerprint density at radius 2 is 1.33 bits per heavy atom. The predicted molar refractivity (Wildman–Crippen MR) is 33.6 cm³/mol. The Labute approximate surface area is 64.3 Å². The molecule has 0 bridgehead atoms. The molecule has 5 heteroatoms. The Balaban J connectivity index is -0.000000180. The van der Waals surface area contributed by atoms with Crippen molar-refractivity contribution < 1.29 is 22.0 Å². The molecule has 0 saturated carbocycles. The van der Waals surface area contributed by atoms with Crippen molar-refractivity contribution in [1.29, 1.82) is 10.8 Å². The summed E-state index contributed by atoms with van der Waals surface area (Å²) in [5, 5.41) is 16.0. The third kappa shape index (κ3) is 18.4. The van der Waals surface area contributed by atoms with Crippen molar-refractivity contribution in [1.82, 2.24) is 5.32 Å². The first-order valence-corrected chi connectivity index (χ1v) is 2.00. The summed E-state index contributed by atoms with van der Waals surface area (Å²) in [6.07, 6.45) is 0. The Bertz CT molecular complexity index is 92.0. The molecule has 0 aliphatic heterocycles. The minimum absolute atomic E-state index is 0. The molecule has 0 spiro atoms.